The van der Waals surface area contributed by atoms with Crippen molar-refractivity contribution in [1.29, 1.82) is 0 Å². The quantitative estimate of drug-likeness (QED) is 0.786. The Morgan fingerprint density at radius 3 is 2.63 bits per heavy atom. The fourth-order valence-corrected chi connectivity index (χ4v) is 1.92. The second-order valence-electron chi connectivity index (χ2n) is 5.46. The fraction of sp³-hybridized carbons (Fsp3) is 0.667. The number of aromatic nitrogens is 1. The van der Waals surface area contributed by atoms with Crippen LogP contribution in [0.4, 0.5) is 5.69 Å². The van der Waals surface area contributed by atoms with Crippen LogP contribution in [0, 0.1) is 5.92 Å². The van der Waals surface area contributed by atoms with Gasteiger partial charge in [-0.25, -0.2) is 0 Å². The molecule has 0 aliphatic rings. The van der Waals surface area contributed by atoms with Crippen molar-refractivity contribution in [3.05, 3.63) is 28.7 Å². The van der Waals surface area contributed by atoms with Crippen LogP contribution in [0.25, 0.3) is 0 Å². The average Bonchev–Trinajstić information content (AvgIpc) is 2.37. The lowest BCUT2D eigenvalue weighted by atomic mass is 10.0. The van der Waals surface area contributed by atoms with Crippen LogP contribution in [-0.4, -0.2) is 24.3 Å². The minimum atomic E-state index is 0.0115. The van der Waals surface area contributed by atoms with Crippen LogP contribution in [0.15, 0.2) is 23.1 Å². The maximum Gasteiger partial charge on any atom is 0.250 e. The molecule has 0 spiro atoms. The van der Waals surface area contributed by atoms with Gasteiger partial charge in [0.05, 0.1) is 12.3 Å². The first-order chi connectivity index (χ1) is 9.02. The van der Waals surface area contributed by atoms with E-state index in [0.29, 0.717) is 19.2 Å². The summed E-state index contributed by atoms with van der Waals surface area (Å²) in [6, 6.07) is 3.86. The first-order valence-electron chi connectivity index (χ1n) is 6.99. The molecule has 1 heterocycles. The molecule has 4 heteroatoms. The van der Waals surface area contributed by atoms with Crippen LogP contribution in [0.5, 0.6) is 0 Å². The van der Waals surface area contributed by atoms with Gasteiger partial charge < -0.3 is 14.6 Å². The van der Waals surface area contributed by atoms with Gasteiger partial charge in [-0.1, -0.05) is 13.8 Å². The zero-order chi connectivity index (χ0) is 14.3. The van der Waals surface area contributed by atoms with Crippen LogP contribution >= 0.6 is 0 Å². The van der Waals surface area contributed by atoms with E-state index in [1.54, 1.807) is 17.7 Å². The maximum absolute atomic E-state index is 11.7. The summed E-state index contributed by atoms with van der Waals surface area (Å²) in [5, 5.41) is 3.44. The molecule has 1 aromatic heterocycles. The Balaban J connectivity index is 2.60. The zero-order valence-electron chi connectivity index (χ0n) is 12.5. The predicted molar refractivity (Wildman–Crippen MR) is 79.7 cm³/mol. The molecule has 1 aromatic rings. The molecule has 1 unspecified atom stereocenters. The van der Waals surface area contributed by atoms with E-state index in [1.807, 2.05) is 12.3 Å². The highest BCUT2D eigenvalue weighted by Crippen LogP contribution is 2.12. The van der Waals surface area contributed by atoms with Crippen LogP contribution in [0.1, 0.15) is 33.6 Å². The van der Waals surface area contributed by atoms with Gasteiger partial charge in [-0.15, -0.1) is 0 Å². The topological polar surface area (TPSA) is 43.3 Å². The maximum atomic E-state index is 11.7. The summed E-state index contributed by atoms with van der Waals surface area (Å²) in [6.45, 7) is 7.78. The third-order valence-electron chi connectivity index (χ3n) is 3.11. The Labute approximate surface area is 115 Å². The van der Waals surface area contributed by atoms with Gasteiger partial charge in [0.15, 0.2) is 0 Å². The molecule has 4 nitrogen and oxygen atoms in total. The second-order valence-corrected chi connectivity index (χ2v) is 5.46. The predicted octanol–water partition coefficient (Wildman–Crippen LogP) is 2.73. The molecule has 0 fully saturated rings. The molecule has 0 aliphatic heterocycles. The van der Waals surface area contributed by atoms with Crippen molar-refractivity contribution in [2.75, 3.05) is 19.0 Å². The Morgan fingerprint density at radius 2 is 2.00 bits per heavy atom. The van der Waals surface area contributed by atoms with Crippen molar-refractivity contribution in [2.45, 2.75) is 46.2 Å². The Morgan fingerprint density at radius 1 is 1.26 bits per heavy atom. The highest BCUT2D eigenvalue weighted by atomic mass is 16.5. The zero-order valence-corrected chi connectivity index (χ0v) is 12.5. The SMILES string of the molecule is COCCn1cc(NC(C)CCC(C)C)ccc1=O. The third kappa shape index (κ3) is 5.92. The fourth-order valence-electron chi connectivity index (χ4n) is 1.92. The number of hydrogen-bond donors (Lipinski definition) is 1. The number of pyridine rings is 1. The van der Waals surface area contributed by atoms with E-state index in [2.05, 4.69) is 26.1 Å². The number of methoxy groups -OCH3 is 1. The Bertz CT molecular complexity index is 426. The van der Waals surface area contributed by atoms with E-state index in [0.717, 1.165) is 18.0 Å². The summed E-state index contributed by atoms with van der Waals surface area (Å²) in [5.74, 6) is 0.722. The molecular formula is C15H26N2O2. The minimum absolute atomic E-state index is 0.0115. The minimum Gasteiger partial charge on any atom is -0.383 e. The molecule has 1 N–H and O–H groups in total. The van der Waals surface area contributed by atoms with Gasteiger partial charge in [-0.05, 0) is 31.7 Å². The highest BCUT2D eigenvalue weighted by molar-refractivity contribution is 5.41. The van der Waals surface area contributed by atoms with Crippen molar-refractivity contribution in [3.8, 4) is 0 Å². The summed E-state index contributed by atoms with van der Waals surface area (Å²) in [4.78, 5) is 11.7. The molecule has 0 aromatic carbocycles. The lowest BCUT2D eigenvalue weighted by Gasteiger charge is -2.17. The molecule has 0 amide bonds. The van der Waals surface area contributed by atoms with Gasteiger partial charge >= 0.3 is 0 Å². The average molecular weight is 266 g/mol. The van der Waals surface area contributed by atoms with Crippen LogP contribution in [0.2, 0.25) is 0 Å². The smallest absolute Gasteiger partial charge is 0.250 e. The van der Waals surface area contributed by atoms with Crippen LogP contribution in [-0.2, 0) is 11.3 Å². The summed E-state index contributed by atoms with van der Waals surface area (Å²) in [7, 11) is 1.64. The first kappa shape index (κ1) is 15.8. The summed E-state index contributed by atoms with van der Waals surface area (Å²) < 4.78 is 6.69. The molecule has 1 atom stereocenters. The van der Waals surface area contributed by atoms with Crippen molar-refractivity contribution < 1.29 is 4.74 Å². The van der Waals surface area contributed by atoms with Gasteiger partial charge in [0.2, 0.25) is 0 Å². The van der Waals surface area contributed by atoms with Crippen molar-refractivity contribution in [2.24, 2.45) is 5.92 Å². The molecule has 0 saturated heterocycles. The van der Waals surface area contributed by atoms with Gasteiger partial charge in [0.25, 0.3) is 5.56 Å². The van der Waals surface area contributed by atoms with Gasteiger partial charge in [0.1, 0.15) is 0 Å². The monoisotopic (exact) mass is 266 g/mol. The molecule has 1 rings (SSSR count). The number of hydrogen-bond acceptors (Lipinski definition) is 3. The third-order valence-corrected chi connectivity index (χ3v) is 3.11. The van der Waals surface area contributed by atoms with Gasteiger partial charge in [-0.2, -0.15) is 0 Å². The number of rotatable bonds is 8. The first-order valence-corrected chi connectivity index (χ1v) is 6.99. The van der Waals surface area contributed by atoms with Crippen LogP contribution < -0.4 is 10.9 Å². The lowest BCUT2D eigenvalue weighted by molar-refractivity contribution is 0.186. The number of ether oxygens (including phenoxy) is 1. The van der Waals surface area contributed by atoms with Gasteiger partial charge in [-0.3, -0.25) is 4.79 Å². The summed E-state index contributed by atoms with van der Waals surface area (Å²) in [6.07, 6.45) is 4.21. The van der Waals surface area contributed by atoms with Crippen LogP contribution in [0.3, 0.4) is 0 Å². The normalized spacial score (nSPS) is 12.7. The van der Waals surface area contributed by atoms with E-state index in [4.69, 9.17) is 4.74 Å². The lowest BCUT2D eigenvalue weighted by Crippen LogP contribution is -2.23. The molecule has 19 heavy (non-hydrogen) atoms. The van der Waals surface area contributed by atoms with Gasteiger partial charge in [0, 0.05) is 32.0 Å². The standard InChI is InChI=1S/C15H26N2O2/c1-12(2)5-6-13(3)16-14-7-8-15(18)17(11-14)9-10-19-4/h7-8,11-13,16H,5-6,9-10H2,1-4H3. The van der Waals surface area contributed by atoms with Crippen molar-refractivity contribution >= 4 is 5.69 Å². The largest absolute Gasteiger partial charge is 0.383 e. The highest BCUT2D eigenvalue weighted by Gasteiger charge is 2.05. The number of nitrogens with zero attached hydrogens (tertiary/aromatic N) is 1. The molecule has 108 valence electrons. The van der Waals surface area contributed by atoms with E-state index in [1.165, 1.54) is 6.42 Å². The summed E-state index contributed by atoms with van der Waals surface area (Å²) in [5.41, 5.74) is 1.00. The number of nitrogens with one attached hydrogen (secondary N) is 1. The molecule has 0 radical (unpaired) electrons. The molecule has 0 bridgehead atoms. The summed E-state index contributed by atoms with van der Waals surface area (Å²) >= 11 is 0. The Kier molecular flexibility index (Phi) is 6.64. The van der Waals surface area contributed by atoms with Crippen molar-refractivity contribution in [3.63, 3.8) is 0 Å². The molecule has 0 saturated carbocycles. The molecule has 0 aliphatic carbocycles. The Hall–Kier alpha value is -1.29. The number of anilines is 1. The second kappa shape index (κ2) is 8.00. The molecular weight excluding hydrogens is 240 g/mol. The van der Waals surface area contributed by atoms with E-state index >= 15 is 0 Å². The van der Waals surface area contributed by atoms with E-state index in [-0.39, 0.29) is 5.56 Å². The van der Waals surface area contributed by atoms with Crippen molar-refractivity contribution in [1.82, 2.24) is 4.57 Å². The van der Waals surface area contributed by atoms with E-state index in [9.17, 15) is 4.79 Å². The van der Waals surface area contributed by atoms with E-state index < -0.39 is 0 Å².